The fourth-order valence-corrected chi connectivity index (χ4v) is 4.11. The Balaban J connectivity index is 1.76. The number of aromatic nitrogens is 3. The molecule has 9 nitrogen and oxygen atoms in total. The van der Waals surface area contributed by atoms with Crippen molar-refractivity contribution in [3.63, 3.8) is 0 Å². The molecule has 0 radical (unpaired) electrons. The van der Waals surface area contributed by atoms with Crippen LogP contribution < -0.4 is 15.6 Å². The lowest BCUT2D eigenvalue weighted by Crippen LogP contribution is -2.54. The van der Waals surface area contributed by atoms with Gasteiger partial charge in [0.1, 0.15) is 11.4 Å². The van der Waals surface area contributed by atoms with E-state index in [1.165, 1.54) is 17.5 Å². The first kappa shape index (κ1) is 20.0. The van der Waals surface area contributed by atoms with Crippen LogP contribution in [0.1, 0.15) is 29.3 Å². The summed E-state index contributed by atoms with van der Waals surface area (Å²) >= 11 is 1.32. The lowest BCUT2D eigenvalue weighted by Gasteiger charge is -2.39. The Kier molecular flexibility index (Phi) is 5.25. The maximum Gasteiger partial charge on any atom is 0.341 e. The van der Waals surface area contributed by atoms with Gasteiger partial charge in [-0.05, 0) is 25.0 Å². The molecule has 0 aliphatic carbocycles. The second-order valence-corrected chi connectivity index (χ2v) is 8.12. The number of amides is 1. The number of fused-ring (bicyclic) bond motifs is 1. The lowest BCUT2D eigenvalue weighted by atomic mass is 9.98. The van der Waals surface area contributed by atoms with E-state index in [9.17, 15) is 19.5 Å². The normalized spacial score (nSPS) is 14.0. The summed E-state index contributed by atoms with van der Waals surface area (Å²) in [7, 11) is 0. The third-order valence-corrected chi connectivity index (χ3v) is 5.89. The van der Waals surface area contributed by atoms with Gasteiger partial charge in [0.2, 0.25) is 11.3 Å². The van der Waals surface area contributed by atoms with Crippen LogP contribution in [0.5, 0.6) is 0 Å². The minimum absolute atomic E-state index is 0.0383. The summed E-state index contributed by atoms with van der Waals surface area (Å²) in [6, 6.07) is 1.77. The van der Waals surface area contributed by atoms with Gasteiger partial charge in [0.25, 0.3) is 0 Å². The Morgan fingerprint density at radius 1 is 1.37 bits per heavy atom. The van der Waals surface area contributed by atoms with Gasteiger partial charge in [-0.15, -0.1) is 11.3 Å². The number of thiazole rings is 1. The van der Waals surface area contributed by atoms with Gasteiger partial charge in [-0.25, -0.2) is 14.8 Å². The van der Waals surface area contributed by atoms with Crippen LogP contribution in [-0.4, -0.2) is 51.2 Å². The summed E-state index contributed by atoms with van der Waals surface area (Å²) in [4.78, 5) is 47.4. The van der Waals surface area contributed by atoms with E-state index in [0.29, 0.717) is 41.8 Å². The first-order valence-electron chi connectivity index (χ1n) is 9.63. The maximum atomic E-state index is 12.8. The minimum Gasteiger partial charge on any atom is -0.477 e. The highest BCUT2D eigenvalue weighted by molar-refractivity contribution is 7.12. The van der Waals surface area contributed by atoms with Crippen molar-refractivity contribution in [2.24, 2.45) is 5.92 Å². The van der Waals surface area contributed by atoms with Gasteiger partial charge < -0.3 is 15.3 Å². The van der Waals surface area contributed by atoms with E-state index in [-0.39, 0.29) is 22.8 Å². The molecule has 2 N–H and O–H groups in total. The molecule has 0 unspecified atom stereocenters. The number of pyridine rings is 2. The summed E-state index contributed by atoms with van der Waals surface area (Å²) in [6.07, 6.45) is 3.77. The van der Waals surface area contributed by atoms with E-state index in [2.05, 4.69) is 15.3 Å². The monoisotopic (exact) mass is 427 g/mol. The van der Waals surface area contributed by atoms with Crippen molar-refractivity contribution in [2.45, 2.75) is 20.3 Å². The fraction of sp³-hybridized carbons (Fsp3) is 0.350. The number of nitrogens with one attached hydrogen (secondary N) is 1. The van der Waals surface area contributed by atoms with Crippen LogP contribution in [0, 0.1) is 12.8 Å². The highest BCUT2D eigenvalue weighted by Gasteiger charge is 2.34. The Bertz CT molecular complexity index is 1180. The van der Waals surface area contributed by atoms with Crippen molar-refractivity contribution >= 4 is 40.1 Å². The van der Waals surface area contributed by atoms with Gasteiger partial charge in [0.05, 0.1) is 11.3 Å². The quantitative estimate of drug-likeness (QED) is 0.616. The number of carbonyl (C=O) groups excluding carboxylic acids is 1. The molecule has 0 bridgehead atoms. The molecule has 0 spiro atoms. The second-order valence-electron chi connectivity index (χ2n) is 7.25. The number of nitrogens with zero attached hydrogens (tertiary/aromatic N) is 4. The summed E-state index contributed by atoms with van der Waals surface area (Å²) < 4.78 is 1.55. The smallest absolute Gasteiger partial charge is 0.341 e. The summed E-state index contributed by atoms with van der Waals surface area (Å²) in [5.41, 5.74) is 0.0929. The Morgan fingerprint density at radius 2 is 2.13 bits per heavy atom. The van der Waals surface area contributed by atoms with E-state index in [4.69, 9.17) is 0 Å². The molecule has 4 rings (SSSR count). The number of aromatic carboxylic acids is 1. The van der Waals surface area contributed by atoms with Gasteiger partial charge in [-0.2, -0.15) is 0 Å². The topological polar surface area (TPSA) is 117 Å². The fourth-order valence-electron chi connectivity index (χ4n) is 3.50. The predicted octanol–water partition coefficient (Wildman–Crippen LogP) is 1.81. The van der Waals surface area contributed by atoms with E-state index < -0.39 is 11.4 Å². The molecule has 10 heteroatoms. The zero-order chi connectivity index (χ0) is 21.4. The molecule has 3 aromatic heterocycles. The van der Waals surface area contributed by atoms with E-state index in [1.807, 2.05) is 11.8 Å². The zero-order valence-electron chi connectivity index (χ0n) is 16.6. The highest BCUT2D eigenvalue weighted by Crippen LogP contribution is 2.28. The molecule has 156 valence electrons. The van der Waals surface area contributed by atoms with Crippen molar-refractivity contribution in [1.82, 2.24) is 19.9 Å². The number of aryl methyl sites for hydroxylation is 1. The summed E-state index contributed by atoms with van der Waals surface area (Å²) in [6.45, 7) is 5.52. The molecule has 4 heterocycles. The van der Waals surface area contributed by atoms with Crippen LogP contribution in [-0.2, 0) is 4.79 Å². The van der Waals surface area contributed by atoms with E-state index in [1.54, 1.807) is 29.1 Å². The first-order chi connectivity index (χ1) is 14.4. The number of anilines is 1. The molecule has 0 saturated carbocycles. The molecule has 0 atom stereocenters. The Labute approximate surface area is 176 Å². The number of carboxylic acids is 1. The molecule has 1 fully saturated rings. The Morgan fingerprint density at radius 3 is 2.77 bits per heavy atom. The van der Waals surface area contributed by atoms with Crippen molar-refractivity contribution in [3.05, 3.63) is 45.2 Å². The Hall–Kier alpha value is -3.27. The highest BCUT2D eigenvalue weighted by atomic mass is 32.1. The van der Waals surface area contributed by atoms with Gasteiger partial charge in [-0.1, -0.05) is 6.92 Å². The average molecular weight is 427 g/mol. The van der Waals surface area contributed by atoms with Crippen LogP contribution in [0.3, 0.4) is 0 Å². The molecule has 1 saturated heterocycles. The zero-order valence-corrected chi connectivity index (χ0v) is 17.4. The van der Waals surface area contributed by atoms with E-state index >= 15 is 0 Å². The largest absolute Gasteiger partial charge is 0.477 e. The van der Waals surface area contributed by atoms with Crippen molar-refractivity contribution < 1.29 is 14.7 Å². The maximum absolute atomic E-state index is 12.8. The lowest BCUT2D eigenvalue weighted by molar-refractivity contribution is -0.125. The minimum atomic E-state index is -1.29. The third kappa shape index (κ3) is 3.43. The molecular weight excluding hydrogens is 406 g/mol. The van der Waals surface area contributed by atoms with Crippen molar-refractivity contribution in [1.29, 1.82) is 0 Å². The molecular formula is C20H21N5O4S. The molecule has 3 aromatic rings. The molecule has 1 aliphatic heterocycles. The number of hydrogen-bond donors (Lipinski definition) is 2. The van der Waals surface area contributed by atoms with Crippen LogP contribution >= 0.6 is 11.3 Å². The number of hydrogen-bond acceptors (Lipinski definition) is 7. The number of carboxylic acid groups (broad SMARTS) is 1. The summed E-state index contributed by atoms with van der Waals surface area (Å²) in [5, 5.41) is 14.9. The first-order valence-corrected chi connectivity index (χ1v) is 10.5. The molecule has 30 heavy (non-hydrogen) atoms. The van der Waals surface area contributed by atoms with Crippen molar-refractivity contribution in [2.75, 3.05) is 24.5 Å². The van der Waals surface area contributed by atoms with Crippen LogP contribution in [0.2, 0.25) is 0 Å². The van der Waals surface area contributed by atoms with E-state index in [0.717, 1.165) is 6.42 Å². The van der Waals surface area contributed by atoms with Crippen LogP contribution in [0.4, 0.5) is 5.82 Å². The molecule has 0 aromatic carbocycles. The predicted molar refractivity (Wildman–Crippen MR) is 114 cm³/mol. The van der Waals surface area contributed by atoms with Crippen LogP contribution in [0.15, 0.2) is 28.6 Å². The second kappa shape index (κ2) is 7.86. The van der Waals surface area contributed by atoms with Gasteiger partial charge in [0.15, 0.2) is 10.8 Å². The number of rotatable bonds is 6. The summed E-state index contributed by atoms with van der Waals surface area (Å²) in [5.74, 6) is -0.701. The molecule has 1 amide bonds. The van der Waals surface area contributed by atoms with Crippen LogP contribution in [0.25, 0.3) is 16.2 Å². The van der Waals surface area contributed by atoms with Gasteiger partial charge >= 0.3 is 5.97 Å². The number of carbonyl (C=O) groups is 2. The standard InChI is InChI=1S/C20H21N5O4S/c1-3-4-21-18(27)12-8-24(9-12)14-7-11(2)15-16(26)13(19(28)29)10-25(17(15)23-14)20-22-5-6-30-20/h5-7,10,12H,3-4,8-9H2,1-2H3,(H,21,27)(H,28,29). The SMILES string of the molecule is CCCNC(=O)C1CN(c2cc(C)c3c(=O)c(C(=O)O)cn(-c4nccs4)c3n2)C1. The molecule has 1 aliphatic rings. The third-order valence-electron chi connectivity index (χ3n) is 5.12. The van der Waals surface area contributed by atoms with Crippen molar-refractivity contribution in [3.8, 4) is 5.13 Å². The average Bonchev–Trinajstić information content (AvgIpc) is 3.19. The van der Waals surface area contributed by atoms with Gasteiger partial charge in [0, 0.05) is 37.4 Å². The van der Waals surface area contributed by atoms with Gasteiger partial charge in [-0.3, -0.25) is 14.2 Å².